The second kappa shape index (κ2) is 5.83. The number of hydrogen-bond donors (Lipinski definition) is 1. The number of pyridine rings is 1. The van der Waals surface area contributed by atoms with Crippen LogP contribution in [0.2, 0.25) is 0 Å². The standard InChI is InChI=1S/C15H20N4O2/c1-2-17-7-9-18(10-8-17)11-12-14(15(20)21)16-13-5-3-4-6-19(12)13/h3-6H,2,7-11H2,1H3,(H,20,21). The number of aromatic nitrogens is 2. The topological polar surface area (TPSA) is 65.1 Å². The van der Waals surface area contributed by atoms with Gasteiger partial charge in [-0.1, -0.05) is 6.07 Å². The third-order valence-electron chi connectivity index (χ3n) is 4.26. The summed E-state index contributed by atoms with van der Waals surface area (Å²) in [6.45, 7) is 8.12. The second-order valence-electron chi connectivity index (χ2n) is 5.50. The molecule has 0 spiro atoms. The molecule has 0 bridgehead atoms. The number of hydrogen-bond acceptors (Lipinski definition) is 4. The summed E-state index contributed by atoms with van der Waals surface area (Å²) in [5, 5.41) is 11.3. The van der Waals surface area contributed by atoms with Gasteiger partial charge in [-0.15, -0.1) is 0 Å². The van der Waals surface area contributed by atoms with E-state index < -0.39 is 5.97 Å². The molecule has 112 valence electrons. The van der Waals surface area contributed by atoms with Gasteiger partial charge >= 0.3 is 0 Å². The van der Waals surface area contributed by atoms with Gasteiger partial charge in [-0.05, 0) is 19.1 Å². The van der Waals surface area contributed by atoms with Gasteiger partial charge in [-0.2, -0.15) is 0 Å². The predicted octanol–water partition coefficient (Wildman–Crippen LogP) is -1.58. The fourth-order valence-electron chi connectivity index (χ4n) is 2.95. The molecule has 0 amide bonds. The highest BCUT2D eigenvalue weighted by Crippen LogP contribution is 2.14. The summed E-state index contributed by atoms with van der Waals surface area (Å²) in [7, 11) is 0. The third-order valence-corrected chi connectivity index (χ3v) is 4.26. The van der Waals surface area contributed by atoms with Crippen LogP contribution in [0.3, 0.4) is 0 Å². The third kappa shape index (κ3) is 2.77. The van der Waals surface area contributed by atoms with Crippen molar-refractivity contribution in [3.63, 3.8) is 0 Å². The van der Waals surface area contributed by atoms with Gasteiger partial charge in [-0.25, -0.2) is 4.98 Å². The molecule has 2 aromatic heterocycles. The zero-order valence-corrected chi connectivity index (χ0v) is 12.2. The first-order valence-electron chi connectivity index (χ1n) is 7.42. The number of rotatable bonds is 4. The Morgan fingerprint density at radius 1 is 1.38 bits per heavy atom. The molecule has 1 aliphatic rings. The SMILES string of the molecule is CC[NH+]1CCN(Cc2c(C(=O)[O-])nc3ccccn23)CC1. The van der Waals surface area contributed by atoms with E-state index in [0.717, 1.165) is 32.7 Å². The van der Waals surface area contributed by atoms with Gasteiger partial charge < -0.3 is 19.2 Å². The molecular weight excluding hydrogens is 268 g/mol. The average Bonchev–Trinajstić information content (AvgIpc) is 2.87. The molecule has 1 aliphatic heterocycles. The minimum absolute atomic E-state index is 0.0615. The van der Waals surface area contributed by atoms with Crippen LogP contribution in [0, 0.1) is 0 Å². The van der Waals surface area contributed by atoms with Gasteiger partial charge in [0.25, 0.3) is 0 Å². The van der Waals surface area contributed by atoms with E-state index in [9.17, 15) is 9.90 Å². The lowest BCUT2D eigenvalue weighted by Crippen LogP contribution is -3.14. The number of aromatic carboxylic acids is 1. The number of imidazole rings is 1. The zero-order valence-electron chi connectivity index (χ0n) is 12.2. The summed E-state index contributed by atoms with van der Waals surface area (Å²) in [5.74, 6) is -1.20. The Morgan fingerprint density at radius 2 is 2.14 bits per heavy atom. The van der Waals surface area contributed by atoms with E-state index in [2.05, 4.69) is 16.8 Å². The van der Waals surface area contributed by atoms with E-state index in [1.807, 2.05) is 28.8 Å². The van der Waals surface area contributed by atoms with Crippen molar-refractivity contribution in [1.29, 1.82) is 0 Å². The van der Waals surface area contributed by atoms with E-state index in [1.165, 1.54) is 0 Å². The Kier molecular flexibility index (Phi) is 3.90. The molecule has 3 heterocycles. The number of quaternary nitrogens is 1. The van der Waals surface area contributed by atoms with Crippen molar-refractivity contribution < 1.29 is 14.8 Å². The van der Waals surface area contributed by atoms with Crippen molar-refractivity contribution in [3.05, 3.63) is 35.8 Å². The molecule has 1 fully saturated rings. The van der Waals surface area contributed by atoms with Gasteiger partial charge in [0.05, 0.1) is 31.3 Å². The number of carboxylic acids is 1. The summed E-state index contributed by atoms with van der Waals surface area (Å²) >= 11 is 0. The number of likely N-dealkylation sites (N-methyl/N-ethyl adjacent to an activating group) is 1. The molecule has 0 saturated carbocycles. The van der Waals surface area contributed by atoms with E-state index in [4.69, 9.17) is 0 Å². The molecule has 1 saturated heterocycles. The van der Waals surface area contributed by atoms with E-state index >= 15 is 0 Å². The van der Waals surface area contributed by atoms with Crippen molar-refractivity contribution in [2.24, 2.45) is 0 Å². The average molecular weight is 288 g/mol. The smallest absolute Gasteiger partial charge is 0.137 e. The van der Waals surface area contributed by atoms with Crippen molar-refractivity contribution in [1.82, 2.24) is 14.3 Å². The van der Waals surface area contributed by atoms with Gasteiger partial charge in [0.2, 0.25) is 0 Å². The summed E-state index contributed by atoms with van der Waals surface area (Å²) in [4.78, 5) is 19.4. The molecule has 0 radical (unpaired) electrons. The highest BCUT2D eigenvalue weighted by molar-refractivity contribution is 5.86. The van der Waals surface area contributed by atoms with Crippen LogP contribution in [0.1, 0.15) is 23.1 Å². The molecule has 0 aliphatic carbocycles. The van der Waals surface area contributed by atoms with Crippen LogP contribution in [0.25, 0.3) is 5.65 Å². The first-order chi connectivity index (χ1) is 10.2. The molecule has 3 rings (SSSR count). The number of fused-ring (bicyclic) bond motifs is 1. The highest BCUT2D eigenvalue weighted by Gasteiger charge is 2.21. The second-order valence-corrected chi connectivity index (χ2v) is 5.50. The van der Waals surface area contributed by atoms with Crippen LogP contribution in [0.5, 0.6) is 0 Å². The molecular formula is C15H20N4O2. The van der Waals surface area contributed by atoms with Crippen LogP contribution in [0.4, 0.5) is 0 Å². The van der Waals surface area contributed by atoms with Crippen LogP contribution < -0.4 is 10.0 Å². The summed E-state index contributed by atoms with van der Waals surface area (Å²) in [5.41, 5.74) is 1.43. The Hall–Kier alpha value is -1.92. The van der Waals surface area contributed by atoms with Gasteiger partial charge in [-0.3, -0.25) is 4.90 Å². The van der Waals surface area contributed by atoms with Crippen LogP contribution in [-0.4, -0.2) is 53.0 Å². The molecule has 21 heavy (non-hydrogen) atoms. The molecule has 0 aromatic carbocycles. The van der Waals surface area contributed by atoms with Crippen molar-refractivity contribution in [2.75, 3.05) is 32.7 Å². The van der Waals surface area contributed by atoms with Gasteiger partial charge in [0, 0.05) is 25.8 Å². The molecule has 6 nitrogen and oxygen atoms in total. The van der Waals surface area contributed by atoms with E-state index in [1.54, 1.807) is 4.90 Å². The minimum Gasteiger partial charge on any atom is -0.543 e. The van der Waals surface area contributed by atoms with Gasteiger partial charge in [0.15, 0.2) is 0 Å². The predicted molar refractivity (Wildman–Crippen MR) is 76.0 cm³/mol. The first kappa shape index (κ1) is 14.0. The van der Waals surface area contributed by atoms with Crippen molar-refractivity contribution in [2.45, 2.75) is 13.5 Å². The van der Waals surface area contributed by atoms with Crippen LogP contribution >= 0.6 is 0 Å². The number of piperazine rings is 1. The minimum atomic E-state index is -1.20. The maximum absolute atomic E-state index is 11.3. The lowest BCUT2D eigenvalue weighted by Gasteiger charge is -2.31. The lowest BCUT2D eigenvalue weighted by molar-refractivity contribution is -0.902. The number of carbonyl (C=O) groups is 1. The maximum atomic E-state index is 11.3. The Morgan fingerprint density at radius 3 is 2.81 bits per heavy atom. The summed E-state index contributed by atoms with van der Waals surface area (Å²) in [6.07, 6.45) is 1.86. The van der Waals surface area contributed by atoms with Crippen LogP contribution in [-0.2, 0) is 6.54 Å². The first-order valence-corrected chi connectivity index (χ1v) is 7.42. The maximum Gasteiger partial charge on any atom is 0.137 e. The van der Waals surface area contributed by atoms with E-state index in [0.29, 0.717) is 17.9 Å². The van der Waals surface area contributed by atoms with Crippen LogP contribution in [0.15, 0.2) is 24.4 Å². The number of nitrogens with zero attached hydrogens (tertiary/aromatic N) is 3. The molecule has 1 N–H and O–H groups in total. The Balaban J connectivity index is 1.86. The molecule has 6 heteroatoms. The van der Waals surface area contributed by atoms with E-state index in [-0.39, 0.29) is 5.69 Å². The molecule has 0 unspecified atom stereocenters. The summed E-state index contributed by atoms with van der Waals surface area (Å²) in [6, 6.07) is 5.56. The van der Waals surface area contributed by atoms with Crippen molar-refractivity contribution >= 4 is 11.6 Å². The number of carbonyl (C=O) groups excluding carboxylic acids is 1. The number of nitrogens with one attached hydrogen (secondary N) is 1. The van der Waals surface area contributed by atoms with Gasteiger partial charge in [0.1, 0.15) is 11.3 Å². The Labute approximate surface area is 123 Å². The monoisotopic (exact) mass is 288 g/mol. The van der Waals surface area contributed by atoms with Crippen molar-refractivity contribution in [3.8, 4) is 0 Å². The molecule has 0 atom stereocenters. The lowest BCUT2D eigenvalue weighted by atomic mass is 10.2. The quantitative estimate of drug-likeness (QED) is 0.737. The molecule has 2 aromatic rings. The zero-order chi connectivity index (χ0) is 14.8. The highest BCUT2D eigenvalue weighted by atomic mass is 16.4. The largest absolute Gasteiger partial charge is 0.543 e. The number of carboxylic acid groups (broad SMARTS) is 1. The fraction of sp³-hybridized carbons (Fsp3) is 0.467. The normalized spacial score (nSPS) is 17.4. The Bertz CT molecular complexity index is 644. The fourth-order valence-corrected chi connectivity index (χ4v) is 2.95. The summed E-state index contributed by atoms with van der Waals surface area (Å²) < 4.78 is 1.85.